The smallest absolute Gasteiger partial charge is 0.163 e. The molecule has 1 aliphatic rings. The minimum absolute atomic E-state index is 0.0905. The predicted molar refractivity (Wildman–Crippen MR) is 68.8 cm³/mol. The van der Waals surface area contributed by atoms with Crippen molar-refractivity contribution in [2.75, 3.05) is 31.6 Å². The van der Waals surface area contributed by atoms with Crippen LogP contribution in [0.4, 0.5) is 5.69 Å². The van der Waals surface area contributed by atoms with Crippen LogP contribution in [0.2, 0.25) is 0 Å². The molecule has 0 aliphatic carbocycles. The molecule has 4 nitrogen and oxygen atoms in total. The zero-order chi connectivity index (χ0) is 12.3. The van der Waals surface area contributed by atoms with Crippen LogP contribution in [-0.4, -0.2) is 26.3 Å². The summed E-state index contributed by atoms with van der Waals surface area (Å²) in [6.45, 7) is 7.01. The maximum absolute atomic E-state index is 5.70. The first-order valence-corrected chi connectivity index (χ1v) is 5.94. The van der Waals surface area contributed by atoms with Gasteiger partial charge in [0.1, 0.15) is 13.2 Å². The van der Waals surface area contributed by atoms with Crippen molar-refractivity contribution in [2.45, 2.75) is 13.8 Å². The van der Waals surface area contributed by atoms with Crippen molar-refractivity contribution in [2.24, 2.45) is 11.1 Å². The molecular weight excluding hydrogens is 216 g/mol. The summed E-state index contributed by atoms with van der Waals surface area (Å²) in [5, 5.41) is 3.37. The first-order valence-electron chi connectivity index (χ1n) is 5.94. The van der Waals surface area contributed by atoms with Crippen LogP contribution in [0.1, 0.15) is 13.8 Å². The molecule has 0 radical (unpaired) electrons. The number of rotatable bonds is 4. The first-order chi connectivity index (χ1) is 8.11. The van der Waals surface area contributed by atoms with Crippen molar-refractivity contribution in [3.63, 3.8) is 0 Å². The van der Waals surface area contributed by atoms with Crippen LogP contribution in [0.3, 0.4) is 0 Å². The number of hydrogen-bond donors (Lipinski definition) is 2. The van der Waals surface area contributed by atoms with Crippen molar-refractivity contribution in [3.8, 4) is 11.5 Å². The lowest BCUT2D eigenvalue weighted by Gasteiger charge is -2.24. The summed E-state index contributed by atoms with van der Waals surface area (Å²) >= 11 is 0. The molecule has 1 aliphatic heterocycles. The largest absolute Gasteiger partial charge is 0.486 e. The molecule has 2 rings (SSSR count). The van der Waals surface area contributed by atoms with Crippen molar-refractivity contribution >= 4 is 5.69 Å². The molecule has 1 heterocycles. The molecule has 0 amide bonds. The molecule has 3 N–H and O–H groups in total. The van der Waals surface area contributed by atoms with E-state index in [1.54, 1.807) is 0 Å². The third-order valence-electron chi connectivity index (χ3n) is 2.87. The van der Waals surface area contributed by atoms with E-state index in [4.69, 9.17) is 15.2 Å². The van der Waals surface area contributed by atoms with Crippen molar-refractivity contribution in [3.05, 3.63) is 18.2 Å². The van der Waals surface area contributed by atoms with Crippen LogP contribution in [-0.2, 0) is 0 Å². The van der Waals surface area contributed by atoms with Gasteiger partial charge in [-0.1, -0.05) is 13.8 Å². The normalized spacial score (nSPS) is 14.5. The number of ether oxygens (including phenoxy) is 2. The summed E-state index contributed by atoms with van der Waals surface area (Å²) in [5.74, 6) is 1.63. The van der Waals surface area contributed by atoms with Gasteiger partial charge in [-0.25, -0.2) is 0 Å². The average molecular weight is 236 g/mol. The van der Waals surface area contributed by atoms with E-state index in [1.165, 1.54) is 0 Å². The molecule has 1 aromatic rings. The third kappa shape index (κ3) is 3.03. The zero-order valence-electron chi connectivity index (χ0n) is 10.5. The van der Waals surface area contributed by atoms with Crippen molar-refractivity contribution in [1.29, 1.82) is 0 Å². The maximum Gasteiger partial charge on any atom is 0.163 e. The van der Waals surface area contributed by atoms with E-state index in [9.17, 15) is 0 Å². The Morgan fingerprint density at radius 1 is 1.24 bits per heavy atom. The molecule has 0 bridgehead atoms. The second-order valence-corrected chi connectivity index (χ2v) is 5.08. The fraction of sp³-hybridized carbons (Fsp3) is 0.538. The molecule has 94 valence electrons. The van der Waals surface area contributed by atoms with E-state index in [1.807, 2.05) is 18.2 Å². The molecule has 0 unspecified atom stereocenters. The summed E-state index contributed by atoms with van der Waals surface area (Å²) in [6.07, 6.45) is 0. The molecule has 1 aromatic carbocycles. The lowest BCUT2D eigenvalue weighted by molar-refractivity contribution is 0.171. The van der Waals surface area contributed by atoms with Crippen molar-refractivity contribution < 1.29 is 9.47 Å². The second kappa shape index (κ2) is 4.84. The monoisotopic (exact) mass is 236 g/mol. The first kappa shape index (κ1) is 12.0. The van der Waals surface area contributed by atoms with Crippen LogP contribution < -0.4 is 20.5 Å². The highest BCUT2D eigenvalue weighted by Crippen LogP contribution is 2.32. The molecular formula is C13H20N2O2. The molecule has 0 atom stereocenters. The van der Waals surface area contributed by atoms with Crippen LogP contribution in [0.5, 0.6) is 11.5 Å². The highest BCUT2D eigenvalue weighted by Gasteiger charge is 2.16. The lowest BCUT2D eigenvalue weighted by atomic mass is 9.94. The molecule has 4 heteroatoms. The molecule has 0 saturated heterocycles. The van der Waals surface area contributed by atoms with E-state index < -0.39 is 0 Å². The van der Waals surface area contributed by atoms with E-state index in [0.717, 1.165) is 23.7 Å². The zero-order valence-corrected chi connectivity index (χ0v) is 10.5. The van der Waals surface area contributed by atoms with E-state index in [2.05, 4.69) is 19.2 Å². The number of nitrogens with two attached hydrogens (primary N) is 1. The Labute approximate surface area is 102 Å². The molecule has 17 heavy (non-hydrogen) atoms. The van der Waals surface area contributed by atoms with E-state index in [0.29, 0.717) is 19.8 Å². The second-order valence-electron chi connectivity index (χ2n) is 5.08. The summed E-state index contributed by atoms with van der Waals surface area (Å²) in [7, 11) is 0. The number of fused-ring (bicyclic) bond motifs is 1. The van der Waals surface area contributed by atoms with Gasteiger partial charge < -0.3 is 20.5 Å². The Bertz CT molecular complexity index is 391. The number of anilines is 1. The van der Waals surface area contributed by atoms with Crippen molar-refractivity contribution in [1.82, 2.24) is 0 Å². The Morgan fingerprint density at radius 2 is 1.94 bits per heavy atom. The molecule has 0 saturated carbocycles. The summed E-state index contributed by atoms with van der Waals surface area (Å²) in [4.78, 5) is 0. The van der Waals surface area contributed by atoms with Gasteiger partial charge in [0.25, 0.3) is 0 Å². The standard InChI is InChI=1S/C13H20N2O2/c1-13(2,8-14)9-15-10-3-4-11-12(7-10)17-6-5-16-11/h3-4,7,15H,5-6,8-9,14H2,1-2H3. The lowest BCUT2D eigenvalue weighted by Crippen LogP contribution is -2.31. The van der Waals surface area contributed by atoms with Gasteiger partial charge >= 0.3 is 0 Å². The number of benzene rings is 1. The third-order valence-corrected chi connectivity index (χ3v) is 2.87. The summed E-state index contributed by atoms with van der Waals surface area (Å²) in [6, 6.07) is 5.91. The van der Waals surface area contributed by atoms with Gasteiger partial charge in [0.05, 0.1) is 0 Å². The Balaban J connectivity index is 2.02. The highest BCUT2D eigenvalue weighted by molar-refractivity contribution is 5.55. The average Bonchev–Trinajstić information content (AvgIpc) is 2.36. The van der Waals surface area contributed by atoms with Gasteiger partial charge in [-0.05, 0) is 24.1 Å². The fourth-order valence-corrected chi connectivity index (χ4v) is 1.57. The quantitative estimate of drug-likeness (QED) is 0.837. The summed E-state index contributed by atoms with van der Waals surface area (Å²) in [5.41, 5.74) is 6.82. The number of nitrogens with one attached hydrogen (secondary N) is 1. The predicted octanol–water partition coefficient (Wildman–Crippen LogP) is 1.85. The molecule has 0 spiro atoms. The van der Waals surface area contributed by atoms with Gasteiger partial charge in [0.15, 0.2) is 11.5 Å². The van der Waals surface area contributed by atoms with Gasteiger partial charge in [-0.15, -0.1) is 0 Å². The van der Waals surface area contributed by atoms with E-state index >= 15 is 0 Å². The Morgan fingerprint density at radius 3 is 2.65 bits per heavy atom. The van der Waals surface area contributed by atoms with E-state index in [-0.39, 0.29) is 5.41 Å². The topological polar surface area (TPSA) is 56.5 Å². The van der Waals surface area contributed by atoms with Crippen LogP contribution in [0.15, 0.2) is 18.2 Å². The van der Waals surface area contributed by atoms with Gasteiger partial charge in [-0.2, -0.15) is 0 Å². The van der Waals surface area contributed by atoms with Crippen LogP contribution in [0, 0.1) is 5.41 Å². The summed E-state index contributed by atoms with van der Waals surface area (Å²) < 4.78 is 11.0. The SMILES string of the molecule is CC(C)(CN)CNc1ccc2c(c1)OCCO2. The van der Waals surface area contributed by atoms with Crippen LogP contribution >= 0.6 is 0 Å². The fourth-order valence-electron chi connectivity index (χ4n) is 1.57. The minimum atomic E-state index is 0.0905. The van der Waals surface area contributed by atoms with Crippen LogP contribution in [0.25, 0.3) is 0 Å². The maximum atomic E-state index is 5.70. The minimum Gasteiger partial charge on any atom is -0.486 e. The van der Waals surface area contributed by atoms with Gasteiger partial charge in [0, 0.05) is 18.3 Å². The Hall–Kier alpha value is -1.42. The highest BCUT2D eigenvalue weighted by atomic mass is 16.6. The van der Waals surface area contributed by atoms with Gasteiger partial charge in [-0.3, -0.25) is 0 Å². The Kier molecular flexibility index (Phi) is 3.43. The molecule has 0 aromatic heterocycles. The molecule has 0 fully saturated rings. The van der Waals surface area contributed by atoms with Gasteiger partial charge in [0.2, 0.25) is 0 Å². The number of hydrogen-bond acceptors (Lipinski definition) is 4.